The van der Waals surface area contributed by atoms with Crippen LogP contribution in [0, 0.1) is 0 Å². The summed E-state index contributed by atoms with van der Waals surface area (Å²) in [6.07, 6.45) is 3.50. The predicted molar refractivity (Wildman–Crippen MR) is 123 cm³/mol. The number of rotatable bonds is 4. The summed E-state index contributed by atoms with van der Waals surface area (Å²) in [4.78, 5) is 30.7. The Morgan fingerprint density at radius 2 is 1.56 bits per heavy atom. The Hall–Kier alpha value is -3.71. The molecule has 0 atom stereocenters. The molecule has 5 rings (SSSR count). The van der Waals surface area contributed by atoms with Crippen LogP contribution in [0.4, 0.5) is 0 Å². The summed E-state index contributed by atoms with van der Waals surface area (Å²) in [7, 11) is 1.83. The number of aryl methyl sites for hydroxylation is 1. The zero-order chi connectivity index (χ0) is 22.1. The highest BCUT2D eigenvalue weighted by molar-refractivity contribution is 6.00. The lowest BCUT2D eigenvalue weighted by Crippen LogP contribution is -2.48. The standard InChI is InChI=1S/C25H25N5O2/c1-27-17-21(23-22(18-27)25(32)30(26-23)20-10-6-3-7-11-20)24(31)29-14-12-28(13-15-29)16-19-8-4-2-5-9-19/h2-11,17-18H,12-16H2,1H3. The van der Waals surface area contributed by atoms with Gasteiger partial charge in [-0.05, 0) is 17.7 Å². The molecule has 0 spiro atoms. The summed E-state index contributed by atoms with van der Waals surface area (Å²) in [6, 6.07) is 19.7. The first kappa shape index (κ1) is 20.2. The van der Waals surface area contributed by atoms with Crippen LogP contribution < -0.4 is 5.56 Å². The molecule has 0 unspecified atom stereocenters. The molecule has 32 heavy (non-hydrogen) atoms. The van der Waals surface area contributed by atoms with Gasteiger partial charge in [-0.15, -0.1) is 0 Å². The maximum absolute atomic E-state index is 13.4. The molecule has 0 bridgehead atoms. The van der Waals surface area contributed by atoms with Crippen molar-refractivity contribution in [2.24, 2.45) is 7.05 Å². The first-order chi connectivity index (χ1) is 15.6. The number of carbonyl (C=O) groups excluding carboxylic acids is 1. The number of aromatic nitrogens is 3. The van der Waals surface area contributed by atoms with Gasteiger partial charge in [0.2, 0.25) is 0 Å². The third-order valence-corrected chi connectivity index (χ3v) is 5.94. The van der Waals surface area contributed by atoms with E-state index in [-0.39, 0.29) is 11.5 Å². The minimum absolute atomic E-state index is 0.0803. The van der Waals surface area contributed by atoms with Crippen molar-refractivity contribution in [2.75, 3.05) is 26.2 Å². The second-order valence-electron chi connectivity index (χ2n) is 8.21. The van der Waals surface area contributed by atoms with Gasteiger partial charge >= 0.3 is 0 Å². The molecule has 3 aliphatic rings. The SMILES string of the molecule is Cn1cc(C(=O)N2CCN(Cc3ccccc3)CC2)c2nn(-c3ccccc3)c(=O)c-2c1. The van der Waals surface area contributed by atoms with Gasteiger partial charge in [0.05, 0.1) is 16.8 Å². The summed E-state index contributed by atoms with van der Waals surface area (Å²) >= 11 is 0. The van der Waals surface area contributed by atoms with Crippen LogP contribution in [-0.2, 0) is 13.6 Å². The summed E-state index contributed by atoms with van der Waals surface area (Å²) < 4.78 is 3.14. The van der Waals surface area contributed by atoms with Crippen molar-refractivity contribution >= 4 is 5.91 Å². The van der Waals surface area contributed by atoms with Gasteiger partial charge < -0.3 is 9.47 Å². The molecule has 0 radical (unpaired) electrons. The second-order valence-corrected chi connectivity index (χ2v) is 8.21. The van der Waals surface area contributed by atoms with Gasteiger partial charge in [0.1, 0.15) is 5.69 Å². The largest absolute Gasteiger partial charge is 0.356 e. The Morgan fingerprint density at radius 1 is 0.906 bits per heavy atom. The first-order valence-electron chi connectivity index (χ1n) is 10.8. The van der Waals surface area contributed by atoms with E-state index in [2.05, 4.69) is 34.3 Å². The minimum Gasteiger partial charge on any atom is -0.356 e. The van der Waals surface area contributed by atoms with Crippen LogP contribution >= 0.6 is 0 Å². The topological polar surface area (TPSA) is 63.4 Å². The van der Waals surface area contributed by atoms with E-state index in [1.807, 2.05) is 48.3 Å². The van der Waals surface area contributed by atoms with Crippen molar-refractivity contribution in [1.82, 2.24) is 24.1 Å². The Bertz CT molecular complexity index is 1250. The monoisotopic (exact) mass is 427 g/mol. The lowest BCUT2D eigenvalue weighted by Gasteiger charge is -2.35. The number of carbonyl (C=O) groups is 1. The fraction of sp³-hybridized carbons (Fsp3) is 0.240. The third kappa shape index (κ3) is 3.83. The predicted octanol–water partition coefficient (Wildman–Crippen LogP) is 2.63. The molecule has 2 aromatic rings. The molecule has 0 aromatic heterocycles. The highest BCUT2D eigenvalue weighted by Gasteiger charge is 2.28. The molecular formula is C25H25N5O2. The molecular weight excluding hydrogens is 402 g/mol. The van der Waals surface area contributed by atoms with E-state index in [9.17, 15) is 9.59 Å². The number of pyridine rings is 1. The van der Waals surface area contributed by atoms with E-state index in [0.29, 0.717) is 35.6 Å². The molecule has 3 heterocycles. The number of amides is 1. The fourth-order valence-corrected chi connectivity index (χ4v) is 4.26. The maximum atomic E-state index is 13.4. The Labute approximate surface area is 186 Å². The Balaban J connectivity index is 1.39. The van der Waals surface area contributed by atoms with Crippen LogP contribution in [0.1, 0.15) is 15.9 Å². The molecule has 7 heteroatoms. The van der Waals surface area contributed by atoms with Crippen molar-refractivity contribution in [3.63, 3.8) is 0 Å². The molecule has 0 N–H and O–H groups in total. The Morgan fingerprint density at radius 3 is 2.25 bits per heavy atom. The van der Waals surface area contributed by atoms with Gasteiger partial charge in [-0.2, -0.15) is 9.78 Å². The van der Waals surface area contributed by atoms with Gasteiger partial charge in [0.15, 0.2) is 0 Å². The number of para-hydroxylation sites is 1. The van der Waals surface area contributed by atoms with Crippen LogP contribution in [0.3, 0.4) is 0 Å². The normalized spacial score (nSPS) is 14.7. The van der Waals surface area contributed by atoms with E-state index < -0.39 is 0 Å². The summed E-state index contributed by atoms with van der Waals surface area (Å²) in [6.45, 7) is 3.81. The lowest BCUT2D eigenvalue weighted by molar-refractivity contribution is 0.0628. The van der Waals surface area contributed by atoms with Gasteiger partial charge in [0.25, 0.3) is 11.5 Å². The zero-order valence-corrected chi connectivity index (χ0v) is 18.0. The van der Waals surface area contributed by atoms with E-state index >= 15 is 0 Å². The average Bonchev–Trinajstić information content (AvgIpc) is 3.16. The smallest absolute Gasteiger partial charge is 0.282 e. The Kier molecular flexibility index (Phi) is 5.33. The van der Waals surface area contributed by atoms with Gasteiger partial charge in [-0.3, -0.25) is 14.5 Å². The summed E-state index contributed by atoms with van der Waals surface area (Å²) in [5.41, 5.74) is 3.11. The van der Waals surface area contributed by atoms with Gasteiger partial charge in [-0.1, -0.05) is 48.5 Å². The number of piperazine rings is 1. The summed E-state index contributed by atoms with van der Waals surface area (Å²) in [5, 5.41) is 4.54. The van der Waals surface area contributed by atoms with E-state index in [4.69, 9.17) is 0 Å². The van der Waals surface area contributed by atoms with Crippen LogP contribution in [0.2, 0.25) is 0 Å². The number of benzene rings is 2. The van der Waals surface area contributed by atoms with Crippen molar-refractivity contribution in [3.05, 3.63) is 94.5 Å². The number of hydrogen-bond donors (Lipinski definition) is 0. The van der Waals surface area contributed by atoms with E-state index in [0.717, 1.165) is 19.6 Å². The molecule has 0 saturated carbocycles. The van der Waals surface area contributed by atoms with E-state index in [1.54, 1.807) is 17.0 Å². The lowest BCUT2D eigenvalue weighted by atomic mass is 10.1. The number of fused-ring (bicyclic) bond motifs is 1. The van der Waals surface area contributed by atoms with Crippen LogP contribution in [0.5, 0.6) is 0 Å². The molecule has 1 saturated heterocycles. The highest BCUT2D eigenvalue weighted by atomic mass is 16.2. The van der Waals surface area contributed by atoms with Crippen molar-refractivity contribution in [2.45, 2.75) is 6.54 Å². The zero-order valence-electron chi connectivity index (χ0n) is 18.0. The second kappa shape index (κ2) is 8.43. The molecule has 1 fully saturated rings. The first-order valence-corrected chi connectivity index (χ1v) is 10.8. The van der Waals surface area contributed by atoms with Gasteiger partial charge in [-0.25, -0.2) is 0 Å². The number of nitrogens with zero attached hydrogens (tertiary/aromatic N) is 5. The summed E-state index contributed by atoms with van der Waals surface area (Å²) in [5.74, 6) is -0.0803. The molecule has 162 valence electrons. The average molecular weight is 428 g/mol. The third-order valence-electron chi connectivity index (χ3n) is 5.94. The molecule has 2 aromatic carbocycles. The van der Waals surface area contributed by atoms with Crippen LogP contribution in [0.25, 0.3) is 16.9 Å². The van der Waals surface area contributed by atoms with Crippen LogP contribution in [0.15, 0.2) is 77.9 Å². The maximum Gasteiger partial charge on any atom is 0.282 e. The van der Waals surface area contributed by atoms with Gasteiger partial charge in [0, 0.05) is 52.2 Å². The molecule has 7 nitrogen and oxygen atoms in total. The minimum atomic E-state index is -0.218. The number of hydrogen-bond acceptors (Lipinski definition) is 4. The quantitative estimate of drug-likeness (QED) is 0.502. The molecule has 0 aliphatic carbocycles. The molecule has 1 amide bonds. The highest BCUT2D eigenvalue weighted by Crippen LogP contribution is 2.24. The van der Waals surface area contributed by atoms with E-state index in [1.165, 1.54) is 10.2 Å². The van der Waals surface area contributed by atoms with Crippen LogP contribution in [-0.4, -0.2) is 56.2 Å². The van der Waals surface area contributed by atoms with Crippen molar-refractivity contribution in [3.8, 4) is 16.9 Å². The molecule has 3 aliphatic heterocycles. The van der Waals surface area contributed by atoms with Crippen molar-refractivity contribution in [1.29, 1.82) is 0 Å². The fourth-order valence-electron chi connectivity index (χ4n) is 4.26. The van der Waals surface area contributed by atoms with Crippen molar-refractivity contribution < 1.29 is 4.79 Å².